The van der Waals surface area contributed by atoms with E-state index in [1.165, 1.54) is 32.1 Å². The molecule has 0 heterocycles. The highest BCUT2D eigenvalue weighted by Crippen LogP contribution is 2.30. The van der Waals surface area contributed by atoms with Gasteiger partial charge < -0.3 is 10.1 Å². The Hall–Kier alpha value is -1.53. The molecule has 1 aromatic rings. The normalized spacial score (nSPS) is 21.7. The van der Waals surface area contributed by atoms with E-state index in [-0.39, 0.29) is 6.61 Å². The molecule has 21 heavy (non-hydrogen) atoms. The Balaban J connectivity index is 1.70. The fourth-order valence-corrected chi connectivity index (χ4v) is 3.05. The monoisotopic (exact) mass is 286 g/mol. The molecule has 2 rings (SSSR count). The van der Waals surface area contributed by atoms with Crippen LogP contribution < -0.4 is 10.1 Å². The first-order valence-corrected chi connectivity index (χ1v) is 8.08. The lowest BCUT2D eigenvalue weighted by atomic mass is 9.81. The number of nitriles is 1. The minimum atomic E-state index is 0.108. The predicted molar refractivity (Wildman–Crippen MR) is 85.0 cm³/mol. The Labute approximate surface area is 128 Å². The summed E-state index contributed by atoms with van der Waals surface area (Å²) in [5.74, 6) is 2.65. The first kappa shape index (κ1) is 15.9. The predicted octanol–water partition coefficient (Wildman–Crippen LogP) is 3.89. The second-order valence-electron chi connectivity index (χ2n) is 6.15. The lowest BCUT2D eigenvalue weighted by Gasteiger charge is -2.26. The van der Waals surface area contributed by atoms with Gasteiger partial charge in [0.1, 0.15) is 11.8 Å². The molecule has 1 aliphatic rings. The fourth-order valence-electron chi connectivity index (χ4n) is 3.05. The summed E-state index contributed by atoms with van der Waals surface area (Å²) in [6.07, 6.45) is 6.86. The van der Waals surface area contributed by atoms with E-state index < -0.39 is 0 Å². The van der Waals surface area contributed by atoms with Crippen LogP contribution in [0.4, 0.5) is 0 Å². The van der Waals surface area contributed by atoms with E-state index in [0.29, 0.717) is 0 Å². The van der Waals surface area contributed by atoms with Gasteiger partial charge in [-0.05, 0) is 30.9 Å². The molecule has 114 valence electrons. The van der Waals surface area contributed by atoms with Crippen LogP contribution in [-0.2, 0) is 6.54 Å². The van der Waals surface area contributed by atoms with Crippen LogP contribution in [0.5, 0.6) is 5.75 Å². The molecule has 3 heteroatoms. The van der Waals surface area contributed by atoms with Gasteiger partial charge in [-0.3, -0.25) is 0 Å². The quantitative estimate of drug-likeness (QED) is 0.773. The van der Waals surface area contributed by atoms with Crippen molar-refractivity contribution < 1.29 is 4.74 Å². The second kappa shape index (κ2) is 8.69. The minimum Gasteiger partial charge on any atom is -0.478 e. The first-order chi connectivity index (χ1) is 10.3. The van der Waals surface area contributed by atoms with Crippen LogP contribution in [0, 0.1) is 23.2 Å². The number of para-hydroxylation sites is 1. The van der Waals surface area contributed by atoms with E-state index in [1.807, 2.05) is 24.3 Å². The van der Waals surface area contributed by atoms with Crippen molar-refractivity contribution in [3.63, 3.8) is 0 Å². The maximum atomic E-state index is 8.60. The summed E-state index contributed by atoms with van der Waals surface area (Å²) in [5.41, 5.74) is 1.13. The maximum Gasteiger partial charge on any atom is 0.174 e. The van der Waals surface area contributed by atoms with Crippen LogP contribution in [0.15, 0.2) is 24.3 Å². The van der Waals surface area contributed by atoms with Crippen molar-refractivity contribution in [2.45, 2.75) is 45.6 Å². The zero-order valence-corrected chi connectivity index (χ0v) is 13.0. The molecule has 3 nitrogen and oxygen atoms in total. The van der Waals surface area contributed by atoms with Crippen LogP contribution in [0.25, 0.3) is 0 Å². The molecule has 0 spiro atoms. The smallest absolute Gasteiger partial charge is 0.174 e. The highest BCUT2D eigenvalue weighted by Gasteiger charge is 2.17. The van der Waals surface area contributed by atoms with Crippen molar-refractivity contribution in [3.05, 3.63) is 29.8 Å². The van der Waals surface area contributed by atoms with Crippen LogP contribution in [0.1, 0.15) is 44.6 Å². The SMILES string of the molecule is CC1CCC(CCNCc2ccccc2OCC#N)CC1. The Morgan fingerprint density at radius 1 is 1.24 bits per heavy atom. The molecule has 1 fully saturated rings. The van der Waals surface area contributed by atoms with Gasteiger partial charge in [-0.2, -0.15) is 5.26 Å². The minimum absolute atomic E-state index is 0.108. The number of rotatable bonds is 7. The summed E-state index contributed by atoms with van der Waals surface area (Å²) >= 11 is 0. The van der Waals surface area contributed by atoms with E-state index in [4.69, 9.17) is 10.00 Å². The van der Waals surface area contributed by atoms with E-state index >= 15 is 0 Å². The van der Waals surface area contributed by atoms with Crippen LogP contribution >= 0.6 is 0 Å². The molecule has 1 aromatic carbocycles. The molecule has 1 aliphatic carbocycles. The number of nitrogens with one attached hydrogen (secondary N) is 1. The van der Waals surface area contributed by atoms with E-state index in [9.17, 15) is 0 Å². The Morgan fingerprint density at radius 3 is 2.76 bits per heavy atom. The van der Waals surface area contributed by atoms with E-state index in [2.05, 4.69) is 18.3 Å². The molecule has 0 bridgehead atoms. The molecule has 0 unspecified atom stereocenters. The van der Waals surface area contributed by atoms with Gasteiger partial charge in [0, 0.05) is 12.1 Å². The average molecular weight is 286 g/mol. The van der Waals surface area contributed by atoms with Crippen molar-refractivity contribution in [3.8, 4) is 11.8 Å². The molecule has 1 saturated carbocycles. The van der Waals surface area contributed by atoms with Gasteiger partial charge in [0.15, 0.2) is 6.61 Å². The summed E-state index contributed by atoms with van der Waals surface area (Å²) in [6.45, 7) is 4.35. The Kier molecular flexibility index (Phi) is 6.56. The number of benzene rings is 1. The second-order valence-corrected chi connectivity index (χ2v) is 6.15. The lowest BCUT2D eigenvalue weighted by Crippen LogP contribution is -2.20. The van der Waals surface area contributed by atoms with Crippen LogP contribution in [-0.4, -0.2) is 13.2 Å². The third-order valence-electron chi connectivity index (χ3n) is 4.45. The van der Waals surface area contributed by atoms with Crippen molar-refractivity contribution in [1.82, 2.24) is 5.32 Å². The summed E-state index contributed by atoms with van der Waals surface area (Å²) < 4.78 is 5.44. The first-order valence-electron chi connectivity index (χ1n) is 8.08. The molecule has 0 radical (unpaired) electrons. The molecular formula is C18H26N2O. The summed E-state index contributed by atoms with van der Waals surface area (Å²) in [5, 5.41) is 12.1. The highest BCUT2D eigenvalue weighted by molar-refractivity contribution is 5.33. The molecule has 0 aromatic heterocycles. The molecule has 0 aliphatic heterocycles. The number of nitrogens with zero attached hydrogens (tertiary/aromatic N) is 1. The Bertz CT molecular complexity index is 459. The van der Waals surface area contributed by atoms with Gasteiger partial charge in [0.2, 0.25) is 0 Å². The van der Waals surface area contributed by atoms with Crippen LogP contribution in [0.2, 0.25) is 0 Å². The van der Waals surface area contributed by atoms with Gasteiger partial charge in [-0.1, -0.05) is 50.8 Å². The standard InChI is InChI=1S/C18H26N2O/c1-15-6-8-16(9-7-15)10-12-20-14-17-4-2-3-5-18(17)21-13-11-19/h2-5,15-16,20H,6-10,12-14H2,1H3. The molecule has 1 N–H and O–H groups in total. The van der Waals surface area contributed by atoms with Crippen molar-refractivity contribution in [1.29, 1.82) is 5.26 Å². The van der Waals surface area contributed by atoms with Crippen molar-refractivity contribution in [2.24, 2.45) is 11.8 Å². The zero-order valence-electron chi connectivity index (χ0n) is 13.0. The largest absolute Gasteiger partial charge is 0.478 e. The number of hydrogen-bond acceptors (Lipinski definition) is 3. The number of ether oxygens (including phenoxy) is 1. The number of hydrogen-bond donors (Lipinski definition) is 1. The summed E-state index contributed by atoms with van der Waals surface area (Å²) in [6, 6.07) is 9.96. The fraction of sp³-hybridized carbons (Fsp3) is 0.611. The van der Waals surface area contributed by atoms with Gasteiger partial charge in [0.05, 0.1) is 0 Å². The molecule has 0 amide bonds. The van der Waals surface area contributed by atoms with Crippen molar-refractivity contribution >= 4 is 0 Å². The third-order valence-corrected chi connectivity index (χ3v) is 4.45. The van der Waals surface area contributed by atoms with Crippen molar-refractivity contribution in [2.75, 3.05) is 13.2 Å². The van der Waals surface area contributed by atoms with Gasteiger partial charge in [-0.25, -0.2) is 0 Å². The van der Waals surface area contributed by atoms with E-state index in [1.54, 1.807) is 0 Å². The average Bonchev–Trinajstić information content (AvgIpc) is 2.52. The third kappa shape index (κ3) is 5.40. The van der Waals surface area contributed by atoms with E-state index in [0.717, 1.165) is 36.2 Å². The molecular weight excluding hydrogens is 260 g/mol. The lowest BCUT2D eigenvalue weighted by molar-refractivity contribution is 0.275. The van der Waals surface area contributed by atoms with Gasteiger partial charge in [0.25, 0.3) is 0 Å². The topological polar surface area (TPSA) is 45.0 Å². The highest BCUT2D eigenvalue weighted by atomic mass is 16.5. The zero-order chi connectivity index (χ0) is 14.9. The summed E-state index contributed by atoms with van der Waals surface area (Å²) in [7, 11) is 0. The molecule has 0 saturated heterocycles. The van der Waals surface area contributed by atoms with Crippen LogP contribution in [0.3, 0.4) is 0 Å². The molecule has 0 atom stereocenters. The maximum absolute atomic E-state index is 8.60. The Morgan fingerprint density at radius 2 is 2.00 bits per heavy atom. The van der Waals surface area contributed by atoms with Gasteiger partial charge >= 0.3 is 0 Å². The summed E-state index contributed by atoms with van der Waals surface area (Å²) in [4.78, 5) is 0. The van der Waals surface area contributed by atoms with Gasteiger partial charge in [-0.15, -0.1) is 0 Å².